The van der Waals surface area contributed by atoms with Gasteiger partial charge in [0.15, 0.2) is 0 Å². The van der Waals surface area contributed by atoms with E-state index < -0.39 is 0 Å². The van der Waals surface area contributed by atoms with Gasteiger partial charge in [-0.15, -0.1) is 0 Å². The third kappa shape index (κ3) is 4.90. The highest BCUT2D eigenvalue weighted by molar-refractivity contribution is 6.07. The molecule has 1 amide bonds. The van der Waals surface area contributed by atoms with Crippen molar-refractivity contribution in [1.82, 2.24) is 9.80 Å². The number of aliphatic hydroxyl groups excluding tert-OH is 1. The Hall–Kier alpha value is -1.95. The first-order valence-corrected chi connectivity index (χ1v) is 10.5. The summed E-state index contributed by atoms with van der Waals surface area (Å²) < 4.78 is 0. The van der Waals surface area contributed by atoms with E-state index in [0.29, 0.717) is 12.5 Å². The summed E-state index contributed by atoms with van der Waals surface area (Å²) in [6.07, 6.45) is 3.98. The van der Waals surface area contributed by atoms with Gasteiger partial charge in [0, 0.05) is 50.4 Å². The van der Waals surface area contributed by atoms with Gasteiger partial charge in [-0.3, -0.25) is 9.69 Å². The molecule has 152 valence electrons. The zero-order chi connectivity index (χ0) is 19.9. The van der Waals surface area contributed by atoms with E-state index in [1.165, 1.54) is 0 Å². The van der Waals surface area contributed by atoms with Crippen molar-refractivity contribution in [1.29, 1.82) is 0 Å². The fraction of sp³-hybridized carbons (Fsp3) is 0.522. The highest BCUT2D eigenvalue weighted by Crippen LogP contribution is 2.23. The summed E-state index contributed by atoms with van der Waals surface area (Å²) in [6, 6.07) is 14.3. The van der Waals surface area contributed by atoms with Gasteiger partial charge in [0.2, 0.25) is 0 Å². The summed E-state index contributed by atoms with van der Waals surface area (Å²) in [6.45, 7) is 5.41. The van der Waals surface area contributed by atoms with Crippen LogP contribution in [-0.2, 0) is 0 Å². The number of nitrogens with two attached hydrogens (primary N) is 1. The second-order valence-corrected chi connectivity index (χ2v) is 7.84. The molecular weight excluding hydrogens is 350 g/mol. The molecule has 1 fully saturated rings. The Labute approximate surface area is 168 Å². The van der Waals surface area contributed by atoms with Gasteiger partial charge >= 0.3 is 0 Å². The maximum atomic E-state index is 13.3. The number of amides is 1. The van der Waals surface area contributed by atoms with Crippen LogP contribution in [0.3, 0.4) is 0 Å². The maximum Gasteiger partial charge on any atom is 0.254 e. The van der Waals surface area contributed by atoms with E-state index in [2.05, 4.69) is 24.0 Å². The SMILES string of the molecule is CCCC[C@H]1CN(C(=O)c2cccc3ccccc23)CCN1C[C@@H](N)CCO. The standard InChI is InChI=1S/C23H33N3O2/c1-2-3-9-20-17-26(14-13-25(20)16-19(24)12-15-27)23(28)22-11-6-8-18-7-4-5-10-21(18)22/h4-8,10-11,19-20,27H,2-3,9,12-17,24H2,1H3/t19-,20-/m0/s1. The molecule has 2 aromatic carbocycles. The van der Waals surface area contributed by atoms with Crippen LogP contribution in [0, 0.1) is 0 Å². The van der Waals surface area contributed by atoms with Crippen LogP contribution < -0.4 is 5.73 Å². The first-order valence-electron chi connectivity index (χ1n) is 10.5. The molecule has 0 unspecified atom stereocenters. The van der Waals surface area contributed by atoms with Gasteiger partial charge in [-0.05, 0) is 29.7 Å². The third-order valence-corrected chi connectivity index (χ3v) is 5.77. The van der Waals surface area contributed by atoms with Crippen LogP contribution in [0.25, 0.3) is 10.8 Å². The second-order valence-electron chi connectivity index (χ2n) is 7.84. The lowest BCUT2D eigenvalue weighted by Crippen LogP contribution is -2.57. The van der Waals surface area contributed by atoms with Crippen molar-refractivity contribution in [2.75, 3.05) is 32.8 Å². The average molecular weight is 384 g/mol. The first kappa shape index (κ1) is 20.8. The Morgan fingerprint density at radius 2 is 2.00 bits per heavy atom. The zero-order valence-electron chi connectivity index (χ0n) is 16.9. The smallest absolute Gasteiger partial charge is 0.254 e. The summed E-state index contributed by atoms with van der Waals surface area (Å²) in [5, 5.41) is 11.3. The molecule has 0 aliphatic carbocycles. The molecule has 2 atom stereocenters. The van der Waals surface area contributed by atoms with Gasteiger partial charge < -0.3 is 15.7 Å². The number of fused-ring (bicyclic) bond motifs is 1. The predicted molar refractivity (Wildman–Crippen MR) is 114 cm³/mol. The number of carbonyl (C=O) groups excluding carboxylic acids is 1. The van der Waals surface area contributed by atoms with Crippen molar-refractivity contribution < 1.29 is 9.90 Å². The molecule has 0 bridgehead atoms. The van der Waals surface area contributed by atoms with E-state index in [0.717, 1.165) is 61.8 Å². The summed E-state index contributed by atoms with van der Waals surface area (Å²) in [7, 11) is 0. The molecule has 1 aliphatic heterocycles. The average Bonchev–Trinajstić information content (AvgIpc) is 2.72. The topological polar surface area (TPSA) is 69.8 Å². The van der Waals surface area contributed by atoms with Gasteiger partial charge in [-0.25, -0.2) is 0 Å². The normalized spacial score (nSPS) is 19.1. The Bertz CT molecular complexity index is 774. The predicted octanol–water partition coefficient (Wildman–Crippen LogP) is 2.87. The van der Waals surface area contributed by atoms with Crippen LogP contribution in [-0.4, -0.2) is 65.7 Å². The molecule has 2 aromatic rings. The number of carbonyl (C=O) groups is 1. The van der Waals surface area contributed by atoms with Crippen LogP contribution >= 0.6 is 0 Å². The summed E-state index contributed by atoms with van der Waals surface area (Å²) >= 11 is 0. The molecule has 5 heteroatoms. The van der Waals surface area contributed by atoms with E-state index in [1.807, 2.05) is 35.2 Å². The lowest BCUT2D eigenvalue weighted by Gasteiger charge is -2.42. The van der Waals surface area contributed by atoms with Gasteiger partial charge in [0.05, 0.1) is 0 Å². The largest absolute Gasteiger partial charge is 0.396 e. The van der Waals surface area contributed by atoms with Gasteiger partial charge in [0.1, 0.15) is 0 Å². The van der Waals surface area contributed by atoms with Crippen LogP contribution in [0.15, 0.2) is 42.5 Å². The molecule has 0 aromatic heterocycles. The number of piperazine rings is 1. The van der Waals surface area contributed by atoms with E-state index in [9.17, 15) is 4.79 Å². The number of hydrogen-bond donors (Lipinski definition) is 2. The molecule has 3 N–H and O–H groups in total. The molecule has 0 saturated carbocycles. The summed E-state index contributed by atoms with van der Waals surface area (Å²) in [5.74, 6) is 0.123. The van der Waals surface area contributed by atoms with Gasteiger partial charge in [-0.2, -0.15) is 0 Å². The van der Waals surface area contributed by atoms with Crippen LogP contribution in [0.4, 0.5) is 0 Å². The Morgan fingerprint density at radius 1 is 1.21 bits per heavy atom. The Balaban J connectivity index is 1.75. The summed E-state index contributed by atoms with van der Waals surface area (Å²) in [5.41, 5.74) is 6.96. The van der Waals surface area contributed by atoms with Crippen molar-refractivity contribution in [2.24, 2.45) is 5.73 Å². The minimum Gasteiger partial charge on any atom is -0.396 e. The van der Waals surface area contributed by atoms with Crippen LogP contribution in [0.1, 0.15) is 43.0 Å². The van der Waals surface area contributed by atoms with E-state index in [-0.39, 0.29) is 18.6 Å². The monoisotopic (exact) mass is 383 g/mol. The minimum atomic E-state index is -0.0190. The molecule has 1 aliphatic rings. The number of hydrogen-bond acceptors (Lipinski definition) is 4. The van der Waals surface area contributed by atoms with Crippen molar-refractivity contribution in [3.63, 3.8) is 0 Å². The lowest BCUT2D eigenvalue weighted by molar-refractivity contribution is 0.0436. The van der Waals surface area contributed by atoms with E-state index >= 15 is 0 Å². The fourth-order valence-corrected chi connectivity index (χ4v) is 4.17. The number of rotatable bonds is 8. The highest BCUT2D eigenvalue weighted by Gasteiger charge is 2.30. The van der Waals surface area contributed by atoms with E-state index in [1.54, 1.807) is 0 Å². The van der Waals surface area contributed by atoms with Crippen molar-refractivity contribution in [3.05, 3.63) is 48.0 Å². The Kier molecular flexibility index (Phi) is 7.43. The van der Waals surface area contributed by atoms with Crippen molar-refractivity contribution >= 4 is 16.7 Å². The maximum absolute atomic E-state index is 13.3. The molecule has 5 nitrogen and oxygen atoms in total. The number of nitrogens with zero attached hydrogens (tertiary/aromatic N) is 2. The van der Waals surface area contributed by atoms with Crippen molar-refractivity contribution in [2.45, 2.75) is 44.7 Å². The van der Waals surface area contributed by atoms with Crippen LogP contribution in [0.2, 0.25) is 0 Å². The molecule has 0 spiro atoms. The van der Waals surface area contributed by atoms with E-state index in [4.69, 9.17) is 10.8 Å². The number of aliphatic hydroxyl groups is 1. The molecule has 1 heterocycles. The third-order valence-electron chi connectivity index (χ3n) is 5.77. The molecule has 28 heavy (non-hydrogen) atoms. The van der Waals surface area contributed by atoms with Crippen LogP contribution in [0.5, 0.6) is 0 Å². The number of unbranched alkanes of at least 4 members (excludes halogenated alkanes) is 1. The quantitative estimate of drug-likeness (QED) is 0.735. The highest BCUT2D eigenvalue weighted by atomic mass is 16.3. The zero-order valence-corrected chi connectivity index (χ0v) is 16.9. The molecular formula is C23H33N3O2. The van der Waals surface area contributed by atoms with Gasteiger partial charge in [0.25, 0.3) is 5.91 Å². The summed E-state index contributed by atoms with van der Waals surface area (Å²) in [4.78, 5) is 17.7. The number of benzene rings is 2. The van der Waals surface area contributed by atoms with Crippen molar-refractivity contribution in [3.8, 4) is 0 Å². The fourth-order valence-electron chi connectivity index (χ4n) is 4.17. The second kappa shape index (κ2) is 10.0. The minimum absolute atomic E-state index is 0.0190. The van der Waals surface area contributed by atoms with Gasteiger partial charge in [-0.1, -0.05) is 56.2 Å². The first-order chi connectivity index (χ1) is 13.6. The molecule has 0 radical (unpaired) electrons. The Morgan fingerprint density at radius 3 is 2.79 bits per heavy atom. The molecule has 1 saturated heterocycles. The molecule has 3 rings (SSSR count). The lowest BCUT2D eigenvalue weighted by atomic mass is 10.0.